The Labute approximate surface area is 160 Å². The Morgan fingerprint density at radius 2 is 1.85 bits per heavy atom. The number of aryl methyl sites for hydroxylation is 3. The van der Waals surface area contributed by atoms with Crippen LogP contribution in [0.15, 0.2) is 42.5 Å². The number of hydrogen-bond donors (Lipinski definition) is 1. The average molecular weight is 365 g/mol. The summed E-state index contributed by atoms with van der Waals surface area (Å²) in [5, 5.41) is 2.94. The molecule has 0 aliphatic heterocycles. The molecule has 1 N–H and O–H groups in total. The predicted molar refractivity (Wildman–Crippen MR) is 108 cm³/mol. The smallest absolute Gasteiger partial charge is 0.217 e. The van der Waals surface area contributed by atoms with Gasteiger partial charge in [0.25, 0.3) is 0 Å². The van der Waals surface area contributed by atoms with E-state index < -0.39 is 0 Å². The summed E-state index contributed by atoms with van der Waals surface area (Å²) in [6.45, 7) is 9.04. The lowest BCUT2D eigenvalue weighted by Gasteiger charge is -2.16. The first-order valence-electron chi connectivity index (χ1n) is 9.38. The number of nitrogens with zero attached hydrogens (tertiary/aromatic N) is 2. The zero-order valence-corrected chi connectivity index (χ0v) is 16.5. The highest BCUT2D eigenvalue weighted by molar-refractivity contribution is 5.77. The second kappa shape index (κ2) is 8.25. The molecule has 27 heavy (non-hydrogen) atoms. The molecule has 0 radical (unpaired) electrons. The monoisotopic (exact) mass is 365 g/mol. The number of fused-ring (bicyclic) bond motifs is 1. The van der Waals surface area contributed by atoms with Crippen molar-refractivity contribution in [1.82, 2.24) is 14.9 Å². The highest BCUT2D eigenvalue weighted by Gasteiger charge is 2.17. The first-order valence-corrected chi connectivity index (χ1v) is 9.38. The Hall–Kier alpha value is -2.82. The van der Waals surface area contributed by atoms with Gasteiger partial charge >= 0.3 is 0 Å². The van der Waals surface area contributed by atoms with Crippen molar-refractivity contribution in [3.63, 3.8) is 0 Å². The zero-order chi connectivity index (χ0) is 19.4. The fourth-order valence-corrected chi connectivity index (χ4v) is 3.45. The van der Waals surface area contributed by atoms with E-state index in [4.69, 9.17) is 9.72 Å². The third-order valence-electron chi connectivity index (χ3n) is 4.67. The molecule has 1 unspecified atom stereocenters. The van der Waals surface area contributed by atoms with Crippen LogP contribution in [0.4, 0.5) is 0 Å². The molecule has 0 aliphatic rings. The number of aromatic nitrogens is 2. The lowest BCUT2D eigenvalue weighted by atomic mass is 10.1. The first kappa shape index (κ1) is 19.0. The molecule has 1 aromatic heterocycles. The number of ether oxygens (including phenoxy) is 1. The molecule has 0 bridgehead atoms. The zero-order valence-electron chi connectivity index (χ0n) is 16.5. The van der Waals surface area contributed by atoms with E-state index in [-0.39, 0.29) is 11.9 Å². The van der Waals surface area contributed by atoms with Gasteiger partial charge in [0.15, 0.2) is 0 Å². The topological polar surface area (TPSA) is 56.2 Å². The molecular weight excluding hydrogens is 338 g/mol. The van der Waals surface area contributed by atoms with E-state index >= 15 is 0 Å². The highest BCUT2D eigenvalue weighted by Crippen LogP contribution is 2.24. The molecule has 5 nitrogen and oxygen atoms in total. The molecule has 1 atom stereocenters. The molecule has 0 saturated carbocycles. The van der Waals surface area contributed by atoms with Gasteiger partial charge in [-0.2, -0.15) is 0 Å². The first-order chi connectivity index (χ1) is 13.0. The van der Waals surface area contributed by atoms with Crippen LogP contribution in [0.3, 0.4) is 0 Å². The minimum atomic E-state index is -0.144. The number of imidazole rings is 1. The van der Waals surface area contributed by atoms with Crippen LogP contribution in [-0.2, 0) is 11.3 Å². The van der Waals surface area contributed by atoms with Gasteiger partial charge in [0.05, 0.1) is 23.7 Å². The number of hydrogen-bond acceptors (Lipinski definition) is 3. The summed E-state index contributed by atoms with van der Waals surface area (Å²) in [4.78, 5) is 16.2. The fraction of sp³-hybridized carbons (Fsp3) is 0.364. The standard InChI is InChI=1S/C22H27N3O2/c1-15-9-7-10-16(2)21(15)27-14-8-13-25-20-12-6-5-11-19(20)24-22(25)17(3)23-18(4)26/h5-7,9-12,17H,8,13-14H2,1-4H3,(H,23,26). The van der Waals surface area contributed by atoms with Crippen LogP contribution >= 0.6 is 0 Å². The summed E-state index contributed by atoms with van der Waals surface area (Å²) in [6.07, 6.45) is 0.855. The van der Waals surface area contributed by atoms with Gasteiger partial charge in [0.2, 0.25) is 5.91 Å². The molecule has 0 fully saturated rings. The van der Waals surface area contributed by atoms with E-state index in [2.05, 4.69) is 41.9 Å². The Morgan fingerprint density at radius 1 is 1.15 bits per heavy atom. The molecule has 1 amide bonds. The largest absolute Gasteiger partial charge is 0.493 e. The minimum Gasteiger partial charge on any atom is -0.493 e. The third kappa shape index (κ3) is 4.30. The number of nitrogens with one attached hydrogen (secondary N) is 1. The van der Waals surface area contributed by atoms with Gasteiger partial charge in [-0.15, -0.1) is 0 Å². The van der Waals surface area contributed by atoms with Crippen molar-refractivity contribution in [2.45, 2.75) is 46.7 Å². The van der Waals surface area contributed by atoms with Crippen LogP contribution in [0.25, 0.3) is 11.0 Å². The van der Waals surface area contributed by atoms with Crippen LogP contribution in [0.1, 0.15) is 43.3 Å². The number of amides is 1. The van der Waals surface area contributed by atoms with Crippen molar-refractivity contribution in [2.75, 3.05) is 6.61 Å². The van der Waals surface area contributed by atoms with E-state index in [0.29, 0.717) is 6.61 Å². The van der Waals surface area contributed by atoms with Crippen molar-refractivity contribution in [3.8, 4) is 5.75 Å². The van der Waals surface area contributed by atoms with E-state index in [9.17, 15) is 4.79 Å². The molecule has 0 saturated heterocycles. The molecule has 3 aromatic rings. The number of rotatable bonds is 7. The van der Waals surface area contributed by atoms with Gasteiger partial charge in [-0.05, 0) is 50.5 Å². The van der Waals surface area contributed by atoms with Crippen molar-refractivity contribution in [3.05, 3.63) is 59.4 Å². The van der Waals surface area contributed by atoms with Gasteiger partial charge < -0.3 is 14.6 Å². The van der Waals surface area contributed by atoms with E-state index in [0.717, 1.165) is 46.7 Å². The lowest BCUT2D eigenvalue weighted by Crippen LogP contribution is -2.26. The Bertz CT molecular complexity index is 926. The van der Waals surface area contributed by atoms with Crippen molar-refractivity contribution >= 4 is 16.9 Å². The van der Waals surface area contributed by atoms with Crippen molar-refractivity contribution in [2.24, 2.45) is 0 Å². The second-order valence-electron chi connectivity index (χ2n) is 6.96. The maximum atomic E-state index is 11.5. The molecule has 142 valence electrons. The van der Waals surface area contributed by atoms with Gasteiger partial charge in [0, 0.05) is 13.5 Å². The molecule has 1 heterocycles. The van der Waals surface area contributed by atoms with Gasteiger partial charge in [-0.1, -0.05) is 30.3 Å². The van der Waals surface area contributed by atoms with Gasteiger partial charge in [0.1, 0.15) is 11.6 Å². The van der Waals surface area contributed by atoms with Crippen LogP contribution in [0.2, 0.25) is 0 Å². The third-order valence-corrected chi connectivity index (χ3v) is 4.67. The maximum Gasteiger partial charge on any atom is 0.217 e. The number of carbonyl (C=O) groups excluding carboxylic acids is 1. The Balaban J connectivity index is 1.74. The number of carbonyl (C=O) groups is 1. The minimum absolute atomic E-state index is 0.0560. The number of para-hydroxylation sites is 3. The summed E-state index contributed by atoms with van der Waals surface area (Å²) < 4.78 is 8.22. The summed E-state index contributed by atoms with van der Waals surface area (Å²) in [5.74, 6) is 1.79. The predicted octanol–water partition coefficient (Wildman–Crippen LogP) is 4.32. The molecule has 0 spiro atoms. The lowest BCUT2D eigenvalue weighted by molar-refractivity contribution is -0.119. The Kier molecular flexibility index (Phi) is 5.79. The van der Waals surface area contributed by atoms with Crippen LogP contribution in [-0.4, -0.2) is 22.1 Å². The summed E-state index contributed by atoms with van der Waals surface area (Å²) >= 11 is 0. The van der Waals surface area contributed by atoms with Crippen LogP contribution in [0, 0.1) is 13.8 Å². The fourth-order valence-electron chi connectivity index (χ4n) is 3.45. The van der Waals surface area contributed by atoms with Crippen molar-refractivity contribution in [1.29, 1.82) is 0 Å². The molecular formula is C22H27N3O2. The number of benzene rings is 2. The summed E-state index contributed by atoms with van der Waals surface area (Å²) in [7, 11) is 0. The van der Waals surface area contributed by atoms with E-state index in [1.807, 2.05) is 31.2 Å². The highest BCUT2D eigenvalue weighted by atomic mass is 16.5. The van der Waals surface area contributed by atoms with Crippen LogP contribution < -0.4 is 10.1 Å². The summed E-state index contributed by atoms with van der Waals surface area (Å²) in [5.41, 5.74) is 4.34. The molecule has 2 aromatic carbocycles. The van der Waals surface area contributed by atoms with Gasteiger partial charge in [-0.25, -0.2) is 4.98 Å². The van der Waals surface area contributed by atoms with E-state index in [1.165, 1.54) is 6.92 Å². The Morgan fingerprint density at radius 3 is 2.56 bits per heavy atom. The molecule has 3 rings (SSSR count). The molecule has 0 aliphatic carbocycles. The maximum absolute atomic E-state index is 11.5. The second-order valence-corrected chi connectivity index (χ2v) is 6.96. The normalized spacial score (nSPS) is 12.1. The quantitative estimate of drug-likeness (QED) is 0.635. The van der Waals surface area contributed by atoms with Crippen molar-refractivity contribution < 1.29 is 9.53 Å². The van der Waals surface area contributed by atoms with E-state index in [1.54, 1.807) is 0 Å². The average Bonchev–Trinajstić information content (AvgIpc) is 2.99. The SMILES string of the molecule is CC(=O)NC(C)c1nc2ccccc2n1CCCOc1c(C)cccc1C. The summed E-state index contributed by atoms with van der Waals surface area (Å²) in [6, 6.07) is 14.1. The van der Waals surface area contributed by atoms with Crippen LogP contribution in [0.5, 0.6) is 5.75 Å². The molecule has 5 heteroatoms. The van der Waals surface area contributed by atoms with Gasteiger partial charge in [-0.3, -0.25) is 4.79 Å².